The van der Waals surface area contributed by atoms with E-state index in [1.54, 1.807) is 24.7 Å². The first-order valence-electron chi connectivity index (χ1n) is 10.1. The summed E-state index contributed by atoms with van der Waals surface area (Å²) in [5.74, 6) is -1.45. The summed E-state index contributed by atoms with van der Waals surface area (Å²) >= 11 is 0. The molecular weight excluding hydrogens is 438 g/mol. The summed E-state index contributed by atoms with van der Waals surface area (Å²) < 4.78 is 26.5. The van der Waals surface area contributed by atoms with Crippen LogP contribution in [0.25, 0.3) is 16.9 Å². The minimum Gasteiger partial charge on any atom is -0.463 e. The molecule has 0 bridgehead atoms. The lowest BCUT2D eigenvalue weighted by atomic mass is 10.1. The average molecular weight is 461 g/mol. The maximum Gasteiger partial charge on any atom is 0.303 e. The maximum absolute atomic E-state index is 13.0. The van der Waals surface area contributed by atoms with Gasteiger partial charge in [0.25, 0.3) is 5.56 Å². The summed E-state index contributed by atoms with van der Waals surface area (Å²) in [6.07, 6.45) is -1.15. The molecule has 3 aromatic rings. The Balaban J connectivity index is 1.86. The smallest absolute Gasteiger partial charge is 0.303 e. The van der Waals surface area contributed by atoms with Gasteiger partial charge in [-0.2, -0.15) is 0 Å². The van der Waals surface area contributed by atoms with Gasteiger partial charge in [-0.3, -0.25) is 28.3 Å². The van der Waals surface area contributed by atoms with Crippen LogP contribution in [-0.2, 0) is 40.4 Å². The molecule has 1 aliphatic rings. The van der Waals surface area contributed by atoms with Crippen LogP contribution >= 0.6 is 0 Å². The van der Waals surface area contributed by atoms with Crippen LogP contribution in [0, 0.1) is 6.92 Å². The zero-order chi connectivity index (χ0) is 24.0. The molecule has 0 aliphatic carbocycles. The van der Waals surface area contributed by atoms with Crippen molar-refractivity contribution in [1.29, 1.82) is 0 Å². The molecule has 0 amide bonds. The van der Waals surface area contributed by atoms with Gasteiger partial charge in [-0.15, -0.1) is 0 Å². The van der Waals surface area contributed by atoms with Gasteiger partial charge in [0.05, 0.1) is 12.0 Å². The topological polar surface area (TPSA) is 145 Å². The van der Waals surface area contributed by atoms with E-state index in [1.807, 2.05) is 0 Å². The van der Waals surface area contributed by atoms with Crippen LogP contribution in [0.1, 0.15) is 32.7 Å². The number of esters is 3. The van der Waals surface area contributed by atoms with Crippen LogP contribution in [-0.4, -0.2) is 66.3 Å². The monoisotopic (exact) mass is 461 g/mol. The fraction of sp³-hybridized carbons (Fsp3) is 0.500. The molecule has 13 nitrogen and oxygen atoms in total. The predicted molar refractivity (Wildman–Crippen MR) is 110 cm³/mol. The third-order valence-corrected chi connectivity index (χ3v) is 5.23. The van der Waals surface area contributed by atoms with Crippen molar-refractivity contribution >= 4 is 34.8 Å². The lowest BCUT2D eigenvalue weighted by Crippen LogP contribution is -2.40. The number of hydrogen-bond acceptors (Lipinski definition) is 10. The molecule has 176 valence electrons. The van der Waals surface area contributed by atoms with E-state index in [2.05, 4.69) is 9.97 Å². The molecule has 1 aliphatic heterocycles. The molecule has 4 atom stereocenters. The summed E-state index contributed by atoms with van der Waals surface area (Å²) in [4.78, 5) is 56.6. The highest BCUT2D eigenvalue weighted by atomic mass is 16.7. The van der Waals surface area contributed by atoms with Gasteiger partial charge < -0.3 is 18.9 Å². The van der Waals surface area contributed by atoms with E-state index in [-0.39, 0.29) is 17.7 Å². The van der Waals surface area contributed by atoms with Crippen molar-refractivity contribution in [3.05, 3.63) is 28.6 Å². The van der Waals surface area contributed by atoms with Gasteiger partial charge in [0.15, 0.2) is 29.6 Å². The molecule has 3 aromatic heterocycles. The predicted octanol–water partition coefficient (Wildman–Crippen LogP) is 0.0150. The Kier molecular flexibility index (Phi) is 5.66. The van der Waals surface area contributed by atoms with Gasteiger partial charge in [-0.05, 0) is 6.92 Å². The van der Waals surface area contributed by atoms with Crippen LogP contribution < -0.4 is 5.56 Å². The lowest BCUT2D eigenvalue weighted by molar-refractivity contribution is -0.166. The Morgan fingerprint density at radius 1 is 1.09 bits per heavy atom. The van der Waals surface area contributed by atoms with Gasteiger partial charge in [0.2, 0.25) is 5.78 Å². The minimum absolute atomic E-state index is 0.139. The molecule has 13 heteroatoms. The van der Waals surface area contributed by atoms with Crippen molar-refractivity contribution in [2.24, 2.45) is 7.05 Å². The van der Waals surface area contributed by atoms with E-state index in [0.717, 1.165) is 0 Å². The Morgan fingerprint density at radius 3 is 2.39 bits per heavy atom. The Bertz CT molecular complexity index is 1320. The zero-order valence-corrected chi connectivity index (χ0v) is 18.7. The number of rotatable bonds is 5. The highest BCUT2D eigenvalue weighted by Crippen LogP contribution is 2.36. The number of carbonyl (C=O) groups is 3. The van der Waals surface area contributed by atoms with Crippen LogP contribution in [0.5, 0.6) is 0 Å². The van der Waals surface area contributed by atoms with Crippen LogP contribution in [0.3, 0.4) is 0 Å². The first-order valence-corrected chi connectivity index (χ1v) is 10.1. The minimum atomic E-state index is -1.10. The van der Waals surface area contributed by atoms with E-state index in [4.69, 9.17) is 18.9 Å². The molecule has 0 unspecified atom stereocenters. The van der Waals surface area contributed by atoms with E-state index in [9.17, 15) is 19.2 Å². The zero-order valence-electron chi connectivity index (χ0n) is 18.7. The first kappa shape index (κ1) is 22.5. The summed E-state index contributed by atoms with van der Waals surface area (Å²) in [6, 6.07) is 0. The van der Waals surface area contributed by atoms with Crippen LogP contribution in [0.4, 0.5) is 0 Å². The normalized spacial score (nSPS) is 22.6. The van der Waals surface area contributed by atoms with Crippen molar-refractivity contribution in [3.63, 3.8) is 0 Å². The molecule has 4 rings (SSSR count). The molecular formula is C20H23N5O8. The average Bonchev–Trinajstić information content (AvgIpc) is 3.40. The highest BCUT2D eigenvalue weighted by Gasteiger charge is 2.51. The third kappa shape index (κ3) is 3.95. The molecule has 33 heavy (non-hydrogen) atoms. The molecule has 1 saturated heterocycles. The first-order chi connectivity index (χ1) is 15.6. The molecule has 4 heterocycles. The van der Waals surface area contributed by atoms with Gasteiger partial charge in [-0.25, -0.2) is 14.4 Å². The van der Waals surface area contributed by atoms with Gasteiger partial charge in [-0.1, -0.05) is 0 Å². The summed E-state index contributed by atoms with van der Waals surface area (Å²) in [5, 5.41) is 0. The molecule has 0 N–H and O–H groups in total. The fourth-order valence-electron chi connectivity index (χ4n) is 4.02. The van der Waals surface area contributed by atoms with Crippen molar-refractivity contribution in [2.75, 3.05) is 6.61 Å². The number of nitrogens with zero attached hydrogens (tertiary/aromatic N) is 5. The number of aryl methyl sites for hydroxylation is 2. The van der Waals surface area contributed by atoms with E-state index in [0.29, 0.717) is 17.1 Å². The SMILES string of the molecule is CC(=O)OC[C@H]1O[C@@H](n2cnc3c(=O)n4cc(C)nc4n(C)c32)[C@H](OC(C)=O)[C@@H]1OC(C)=O. The standard InChI is InChI=1S/C20H23N5O8/c1-9-6-24-18(29)14-17(23(5)20(24)22-9)25(8-21-14)19-16(32-12(4)28)15(31-11(3)27)13(33-19)7-30-10(2)26/h6,8,13,15-16,19H,7H2,1-5H3/t13-,15-,16-,19-/m1/s1. The number of imidazole rings is 2. The third-order valence-electron chi connectivity index (χ3n) is 5.23. The van der Waals surface area contributed by atoms with E-state index < -0.39 is 42.4 Å². The Morgan fingerprint density at radius 2 is 1.76 bits per heavy atom. The van der Waals surface area contributed by atoms with Crippen molar-refractivity contribution < 1.29 is 33.3 Å². The largest absolute Gasteiger partial charge is 0.463 e. The van der Waals surface area contributed by atoms with E-state index >= 15 is 0 Å². The molecule has 1 fully saturated rings. The molecule has 0 radical (unpaired) electrons. The Labute approximate surface area is 186 Å². The fourth-order valence-corrected chi connectivity index (χ4v) is 4.02. The summed E-state index contributed by atoms with van der Waals surface area (Å²) in [6.45, 7) is 5.16. The van der Waals surface area contributed by atoms with Crippen molar-refractivity contribution in [3.8, 4) is 0 Å². The molecule has 0 aromatic carbocycles. The second kappa shape index (κ2) is 8.31. The van der Waals surface area contributed by atoms with Crippen LogP contribution in [0.15, 0.2) is 17.3 Å². The number of fused-ring (bicyclic) bond motifs is 2. The van der Waals surface area contributed by atoms with Gasteiger partial charge >= 0.3 is 17.9 Å². The van der Waals surface area contributed by atoms with E-state index in [1.165, 1.54) is 36.1 Å². The quantitative estimate of drug-likeness (QED) is 0.376. The summed E-state index contributed by atoms with van der Waals surface area (Å²) in [5.41, 5.74) is 0.760. The second-order valence-corrected chi connectivity index (χ2v) is 7.76. The molecule has 0 saturated carbocycles. The maximum atomic E-state index is 13.0. The van der Waals surface area contributed by atoms with Gasteiger partial charge in [0.1, 0.15) is 12.7 Å². The van der Waals surface area contributed by atoms with Crippen molar-refractivity contribution in [2.45, 2.75) is 52.2 Å². The van der Waals surface area contributed by atoms with Crippen LogP contribution in [0.2, 0.25) is 0 Å². The number of hydrogen-bond donors (Lipinski definition) is 0. The number of aromatic nitrogens is 5. The lowest BCUT2D eigenvalue weighted by Gasteiger charge is -2.24. The molecule has 0 spiro atoms. The van der Waals surface area contributed by atoms with Crippen molar-refractivity contribution in [1.82, 2.24) is 23.5 Å². The highest BCUT2D eigenvalue weighted by molar-refractivity contribution is 5.73. The Hall–Kier alpha value is -3.74. The number of carbonyl (C=O) groups excluding carboxylic acids is 3. The second-order valence-electron chi connectivity index (χ2n) is 7.76. The summed E-state index contributed by atoms with van der Waals surface area (Å²) in [7, 11) is 1.71. The number of ether oxygens (including phenoxy) is 4. The van der Waals surface area contributed by atoms with Gasteiger partial charge in [0, 0.05) is 34.0 Å².